The Balaban J connectivity index is 2.14. The summed E-state index contributed by atoms with van der Waals surface area (Å²) in [5.74, 6) is 0.194. The molecule has 0 radical (unpaired) electrons. The first kappa shape index (κ1) is 14.1. The van der Waals surface area contributed by atoms with Gasteiger partial charge in [0.05, 0.1) is 6.04 Å². The van der Waals surface area contributed by atoms with E-state index in [0.29, 0.717) is 6.42 Å². The molecule has 2 aromatic rings. The molecule has 3 rings (SSSR count). The van der Waals surface area contributed by atoms with E-state index in [-0.39, 0.29) is 23.5 Å². The van der Waals surface area contributed by atoms with Crippen molar-refractivity contribution in [2.24, 2.45) is 5.73 Å². The van der Waals surface area contributed by atoms with E-state index in [1.165, 1.54) is 0 Å². The smallest absolute Gasteiger partial charge is 0.223 e. The molecule has 1 aromatic carbocycles. The number of piperidine rings is 1. The van der Waals surface area contributed by atoms with Gasteiger partial charge in [0.2, 0.25) is 5.91 Å². The molecule has 1 aliphatic heterocycles. The van der Waals surface area contributed by atoms with Crippen LogP contribution in [0.25, 0.3) is 10.9 Å². The van der Waals surface area contributed by atoms with Crippen molar-refractivity contribution in [2.45, 2.75) is 51.2 Å². The summed E-state index contributed by atoms with van der Waals surface area (Å²) in [6.07, 6.45) is 3.29. The van der Waals surface area contributed by atoms with Crippen molar-refractivity contribution in [1.82, 2.24) is 9.88 Å². The maximum absolute atomic E-state index is 12.5. The van der Waals surface area contributed by atoms with Gasteiger partial charge in [-0.3, -0.25) is 4.79 Å². The van der Waals surface area contributed by atoms with Gasteiger partial charge in [0.1, 0.15) is 0 Å². The van der Waals surface area contributed by atoms with Crippen LogP contribution in [-0.4, -0.2) is 27.4 Å². The first-order valence-corrected chi connectivity index (χ1v) is 7.53. The van der Waals surface area contributed by atoms with Crippen molar-refractivity contribution in [3.05, 3.63) is 36.0 Å². The fourth-order valence-corrected chi connectivity index (χ4v) is 3.41. The second kappa shape index (κ2) is 4.88. The van der Waals surface area contributed by atoms with Crippen molar-refractivity contribution >= 4 is 16.8 Å². The fraction of sp³-hybridized carbons (Fsp3) is 0.471. The number of aromatic amines is 1. The molecule has 1 fully saturated rings. The minimum absolute atomic E-state index is 0.0267. The highest BCUT2D eigenvalue weighted by Crippen LogP contribution is 2.38. The van der Waals surface area contributed by atoms with Crippen LogP contribution in [0.3, 0.4) is 0 Å². The number of carbonyl (C=O) groups excluding carboxylic acids is 1. The molecule has 112 valence electrons. The van der Waals surface area contributed by atoms with Crippen LogP contribution in [0.2, 0.25) is 0 Å². The number of nitrogens with two attached hydrogens (primary N) is 1. The van der Waals surface area contributed by atoms with Crippen molar-refractivity contribution in [3.8, 4) is 0 Å². The number of nitrogens with one attached hydrogen (secondary N) is 1. The molecule has 4 nitrogen and oxygen atoms in total. The van der Waals surface area contributed by atoms with Gasteiger partial charge in [0, 0.05) is 40.7 Å². The quantitative estimate of drug-likeness (QED) is 0.846. The molecular weight excluding hydrogens is 262 g/mol. The average molecular weight is 285 g/mol. The number of rotatable bonds is 1. The van der Waals surface area contributed by atoms with Gasteiger partial charge >= 0.3 is 0 Å². The summed E-state index contributed by atoms with van der Waals surface area (Å²) in [6.45, 7) is 6.22. The summed E-state index contributed by atoms with van der Waals surface area (Å²) < 4.78 is 0. The van der Waals surface area contributed by atoms with Crippen LogP contribution in [0.5, 0.6) is 0 Å². The van der Waals surface area contributed by atoms with E-state index < -0.39 is 0 Å². The van der Waals surface area contributed by atoms with Gasteiger partial charge in [-0.1, -0.05) is 18.2 Å². The van der Waals surface area contributed by atoms with Crippen LogP contribution in [-0.2, 0) is 4.79 Å². The molecule has 0 saturated carbocycles. The maximum Gasteiger partial charge on any atom is 0.223 e. The van der Waals surface area contributed by atoms with Crippen molar-refractivity contribution in [3.63, 3.8) is 0 Å². The zero-order valence-electron chi connectivity index (χ0n) is 12.9. The highest BCUT2D eigenvalue weighted by atomic mass is 16.2. The van der Waals surface area contributed by atoms with E-state index in [4.69, 9.17) is 5.73 Å². The Morgan fingerprint density at radius 2 is 2.00 bits per heavy atom. The molecule has 2 unspecified atom stereocenters. The third-order valence-corrected chi connectivity index (χ3v) is 4.31. The van der Waals surface area contributed by atoms with Gasteiger partial charge in [-0.25, -0.2) is 0 Å². The Bertz CT molecular complexity index is 668. The molecule has 0 aliphatic carbocycles. The summed E-state index contributed by atoms with van der Waals surface area (Å²) in [6, 6.07) is 8.08. The SMILES string of the molecule is CC(C)(C)N1C(=O)CCC(N)C1c1c[nH]c2ccccc12. The van der Waals surface area contributed by atoms with Gasteiger partial charge in [-0.2, -0.15) is 0 Å². The Kier molecular flexibility index (Phi) is 3.29. The van der Waals surface area contributed by atoms with Gasteiger partial charge in [-0.15, -0.1) is 0 Å². The minimum atomic E-state index is -0.238. The number of carbonyl (C=O) groups is 1. The second-order valence-electron chi connectivity index (χ2n) is 6.87. The number of H-pyrrole nitrogens is 1. The monoisotopic (exact) mass is 285 g/mol. The first-order valence-electron chi connectivity index (χ1n) is 7.53. The number of likely N-dealkylation sites (tertiary alicyclic amines) is 1. The Morgan fingerprint density at radius 1 is 1.29 bits per heavy atom. The summed E-state index contributed by atoms with van der Waals surface area (Å²) in [5, 5.41) is 1.15. The third-order valence-electron chi connectivity index (χ3n) is 4.31. The fourth-order valence-electron chi connectivity index (χ4n) is 3.41. The number of fused-ring (bicyclic) bond motifs is 1. The molecule has 2 heterocycles. The number of amides is 1. The molecule has 1 aromatic heterocycles. The molecule has 0 bridgehead atoms. The molecule has 4 heteroatoms. The number of hydrogen-bond acceptors (Lipinski definition) is 2. The molecule has 1 saturated heterocycles. The van der Waals surface area contributed by atoms with Crippen LogP contribution in [0.4, 0.5) is 0 Å². The van der Waals surface area contributed by atoms with E-state index in [0.717, 1.165) is 22.9 Å². The van der Waals surface area contributed by atoms with Crippen LogP contribution >= 0.6 is 0 Å². The lowest BCUT2D eigenvalue weighted by atomic mass is 9.86. The van der Waals surface area contributed by atoms with Crippen molar-refractivity contribution in [2.75, 3.05) is 0 Å². The molecule has 2 atom stereocenters. The molecule has 1 amide bonds. The van der Waals surface area contributed by atoms with E-state index in [1.54, 1.807) is 0 Å². The number of para-hydroxylation sites is 1. The first-order chi connectivity index (χ1) is 9.89. The predicted molar refractivity (Wildman–Crippen MR) is 84.8 cm³/mol. The number of hydrogen-bond donors (Lipinski definition) is 2. The molecular formula is C17H23N3O. The van der Waals surface area contributed by atoms with Gasteiger partial charge < -0.3 is 15.6 Å². The van der Waals surface area contributed by atoms with Crippen LogP contribution in [0.15, 0.2) is 30.5 Å². The van der Waals surface area contributed by atoms with Crippen molar-refractivity contribution < 1.29 is 4.79 Å². The van der Waals surface area contributed by atoms with Crippen LogP contribution in [0.1, 0.15) is 45.2 Å². The van der Waals surface area contributed by atoms with Crippen molar-refractivity contribution in [1.29, 1.82) is 0 Å². The largest absolute Gasteiger partial charge is 0.361 e. The Labute approximate surface area is 125 Å². The topological polar surface area (TPSA) is 62.1 Å². The van der Waals surface area contributed by atoms with E-state index in [1.807, 2.05) is 23.2 Å². The zero-order valence-corrected chi connectivity index (χ0v) is 12.9. The molecule has 3 N–H and O–H groups in total. The maximum atomic E-state index is 12.5. The minimum Gasteiger partial charge on any atom is -0.361 e. The molecule has 1 aliphatic rings. The van der Waals surface area contributed by atoms with Crippen LogP contribution in [0, 0.1) is 0 Å². The van der Waals surface area contributed by atoms with Crippen LogP contribution < -0.4 is 5.73 Å². The van der Waals surface area contributed by atoms with Gasteiger partial charge in [0.25, 0.3) is 0 Å². The average Bonchev–Trinajstić information content (AvgIpc) is 2.83. The molecule has 0 spiro atoms. The third kappa shape index (κ3) is 2.33. The second-order valence-corrected chi connectivity index (χ2v) is 6.87. The van der Waals surface area contributed by atoms with E-state index in [9.17, 15) is 4.79 Å². The predicted octanol–water partition coefficient (Wildman–Crippen LogP) is 2.96. The zero-order chi connectivity index (χ0) is 15.2. The Hall–Kier alpha value is -1.81. The lowest BCUT2D eigenvalue weighted by Crippen LogP contribution is -2.56. The number of aromatic nitrogens is 1. The van der Waals surface area contributed by atoms with Gasteiger partial charge in [0.15, 0.2) is 0 Å². The summed E-state index contributed by atoms with van der Waals surface area (Å²) in [4.78, 5) is 17.8. The molecule has 21 heavy (non-hydrogen) atoms. The number of benzene rings is 1. The summed E-state index contributed by atoms with van der Waals surface area (Å²) in [5.41, 5.74) is 8.38. The Morgan fingerprint density at radius 3 is 2.71 bits per heavy atom. The highest BCUT2D eigenvalue weighted by molar-refractivity contribution is 5.85. The summed E-state index contributed by atoms with van der Waals surface area (Å²) >= 11 is 0. The lowest BCUT2D eigenvalue weighted by molar-refractivity contribution is -0.143. The van der Waals surface area contributed by atoms with Gasteiger partial charge in [-0.05, 0) is 33.3 Å². The van der Waals surface area contributed by atoms with E-state index in [2.05, 4.69) is 37.9 Å². The normalized spacial score (nSPS) is 23.8. The van der Waals surface area contributed by atoms with E-state index >= 15 is 0 Å². The summed E-state index contributed by atoms with van der Waals surface area (Å²) in [7, 11) is 0. The highest BCUT2D eigenvalue weighted by Gasteiger charge is 2.41. The standard InChI is InChI=1S/C17H23N3O/c1-17(2,3)20-15(21)9-8-13(18)16(20)12-10-19-14-7-5-4-6-11(12)14/h4-7,10,13,16,19H,8-9,18H2,1-3H3. The number of nitrogens with zero attached hydrogens (tertiary/aromatic N) is 1. The lowest BCUT2D eigenvalue weighted by Gasteiger charge is -2.47.